The van der Waals surface area contributed by atoms with Crippen molar-refractivity contribution in [2.75, 3.05) is 12.0 Å². The summed E-state index contributed by atoms with van der Waals surface area (Å²) in [5.41, 5.74) is 1.11. The maximum atomic E-state index is 13.0. The number of ketones is 1. The molecule has 0 fully saturated rings. The van der Waals surface area contributed by atoms with Gasteiger partial charge in [-0.3, -0.25) is 19.5 Å². The minimum Gasteiger partial charge on any atom is -0.503 e. The molecule has 28 heavy (non-hydrogen) atoms. The van der Waals surface area contributed by atoms with E-state index in [9.17, 15) is 14.7 Å². The molecule has 1 aromatic carbocycles. The number of methoxy groups -OCH3 is 1. The van der Waals surface area contributed by atoms with Gasteiger partial charge in [-0.15, -0.1) is 0 Å². The number of ether oxygens (including phenoxy) is 1. The molecule has 0 spiro atoms. The molecule has 1 aliphatic rings. The number of aliphatic hydroxyl groups excluding tert-OH is 1. The highest BCUT2D eigenvalue weighted by Gasteiger charge is 2.45. The van der Waals surface area contributed by atoms with Gasteiger partial charge in [-0.05, 0) is 54.1 Å². The van der Waals surface area contributed by atoms with Gasteiger partial charge in [0.1, 0.15) is 5.75 Å². The second-order valence-electron chi connectivity index (χ2n) is 6.12. The van der Waals surface area contributed by atoms with E-state index in [2.05, 4.69) is 4.98 Å². The number of hydrogen-bond donors (Lipinski definition) is 1. The van der Waals surface area contributed by atoms with Gasteiger partial charge in [-0.2, -0.15) is 0 Å². The molecular weight excluding hydrogens is 360 g/mol. The summed E-state index contributed by atoms with van der Waals surface area (Å²) in [5, 5.41) is 10.6. The largest absolute Gasteiger partial charge is 0.503 e. The maximum Gasteiger partial charge on any atom is 0.294 e. The van der Waals surface area contributed by atoms with E-state index in [-0.39, 0.29) is 11.3 Å². The molecule has 1 aliphatic heterocycles. The zero-order valence-electron chi connectivity index (χ0n) is 14.9. The number of nitrogens with zero attached hydrogens (tertiary/aromatic N) is 2. The highest BCUT2D eigenvalue weighted by Crippen LogP contribution is 2.42. The highest BCUT2D eigenvalue weighted by atomic mass is 16.5. The number of furan rings is 1. The number of anilines is 1. The molecule has 1 amide bonds. The number of hydrogen-bond acceptors (Lipinski definition) is 6. The van der Waals surface area contributed by atoms with Crippen LogP contribution in [0.1, 0.15) is 22.2 Å². The van der Waals surface area contributed by atoms with E-state index in [1.165, 1.54) is 17.2 Å². The maximum absolute atomic E-state index is 13.0. The number of pyridine rings is 1. The van der Waals surface area contributed by atoms with Crippen LogP contribution in [0.5, 0.6) is 5.75 Å². The standard InChI is InChI=1S/C21H16N2O5/c1-27-15-6-4-14(5-7-15)23-18(13-8-10-22-11-9-13)17(20(25)21(23)26)19(24)16-3-2-12-28-16/h2-12,18,25H,1H3. The van der Waals surface area contributed by atoms with Gasteiger partial charge in [0, 0.05) is 18.1 Å². The smallest absolute Gasteiger partial charge is 0.294 e. The molecule has 0 saturated carbocycles. The van der Waals surface area contributed by atoms with Gasteiger partial charge in [-0.25, -0.2) is 0 Å². The van der Waals surface area contributed by atoms with Crippen LogP contribution in [0.15, 0.2) is 82.9 Å². The van der Waals surface area contributed by atoms with Crippen molar-refractivity contribution < 1.29 is 23.8 Å². The molecule has 0 radical (unpaired) electrons. The van der Waals surface area contributed by atoms with Crippen LogP contribution in [0.4, 0.5) is 5.69 Å². The second kappa shape index (κ2) is 7.03. The molecule has 3 aromatic rings. The molecule has 140 valence electrons. The Morgan fingerprint density at radius 3 is 2.46 bits per heavy atom. The van der Waals surface area contributed by atoms with Crippen molar-refractivity contribution in [3.05, 3.63) is 89.8 Å². The Balaban J connectivity index is 1.85. The highest BCUT2D eigenvalue weighted by molar-refractivity contribution is 6.20. The van der Waals surface area contributed by atoms with E-state index in [0.717, 1.165) is 0 Å². The molecule has 0 aliphatic carbocycles. The average molecular weight is 376 g/mol. The van der Waals surface area contributed by atoms with Gasteiger partial charge in [0.2, 0.25) is 5.78 Å². The normalized spacial score (nSPS) is 16.5. The van der Waals surface area contributed by atoms with Crippen molar-refractivity contribution in [3.8, 4) is 5.75 Å². The van der Waals surface area contributed by atoms with E-state index in [0.29, 0.717) is 17.0 Å². The predicted molar refractivity (Wildman–Crippen MR) is 100 cm³/mol. The summed E-state index contributed by atoms with van der Waals surface area (Å²) in [7, 11) is 1.54. The topological polar surface area (TPSA) is 92.9 Å². The third kappa shape index (κ3) is 2.83. The van der Waals surface area contributed by atoms with Gasteiger partial charge in [0.15, 0.2) is 11.5 Å². The Morgan fingerprint density at radius 2 is 1.86 bits per heavy atom. The van der Waals surface area contributed by atoms with E-state index in [4.69, 9.17) is 9.15 Å². The van der Waals surface area contributed by atoms with Crippen molar-refractivity contribution in [2.45, 2.75) is 6.04 Å². The second-order valence-corrected chi connectivity index (χ2v) is 6.12. The SMILES string of the molecule is COc1ccc(N2C(=O)C(O)=C(C(=O)c3ccco3)C2c2ccncc2)cc1. The van der Waals surface area contributed by atoms with Gasteiger partial charge in [0.05, 0.1) is 25.0 Å². The minimum atomic E-state index is -0.818. The third-order valence-electron chi connectivity index (χ3n) is 4.57. The quantitative estimate of drug-likeness (QED) is 0.686. The number of rotatable bonds is 5. The fourth-order valence-corrected chi connectivity index (χ4v) is 3.25. The Bertz CT molecular complexity index is 1040. The number of amides is 1. The number of benzene rings is 1. The average Bonchev–Trinajstić information content (AvgIpc) is 3.36. The van der Waals surface area contributed by atoms with Crippen LogP contribution in [-0.4, -0.2) is 28.9 Å². The van der Waals surface area contributed by atoms with E-state index in [1.807, 2.05) is 0 Å². The summed E-state index contributed by atoms with van der Waals surface area (Å²) in [4.78, 5) is 31.3. The molecule has 4 rings (SSSR count). The molecular formula is C21H16N2O5. The first-order chi connectivity index (χ1) is 13.6. The lowest BCUT2D eigenvalue weighted by molar-refractivity contribution is -0.117. The predicted octanol–water partition coefficient (Wildman–Crippen LogP) is 3.47. The van der Waals surface area contributed by atoms with E-state index >= 15 is 0 Å². The zero-order valence-corrected chi connectivity index (χ0v) is 14.9. The molecule has 1 atom stereocenters. The van der Waals surface area contributed by atoms with Gasteiger partial charge in [0.25, 0.3) is 5.91 Å². The summed E-state index contributed by atoms with van der Waals surface area (Å²) in [6.45, 7) is 0. The monoisotopic (exact) mass is 376 g/mol. The van der Waals surface area contributed by atoms with Crippen molar-refractivity contribution in [1.82, 2.24) is 4.98 Å². The van der Waals surface area contributed by atoms with Crippen LogP contribution in [-0.2, 0) is 4.79 Å². The van der Waals surface area contributed by atoms with E-state index < -0.39 is 23.5 Å². The van der Waals surface area contributed by atoms with Crippen LogP contribution in [0.2, 0.25) is 0 Å². The Labute approximate surface area is 160 Å². The Hall–Kier alpha value is -3.87. The lowest BCUT2D eigenvalue weighted by Gasteiger charge is -2.26. The summed E-state index contributed by atoms with van der Waals surface area (Å²) >= 11 is 0. The number of Topliss-reactive ketones (excluding diaryl/α,β-unsaturated/α-hetero) is 1. The number of carbonyl (C=O) groups is 2. The van der Waals surface area contributed by atoms with Gasteiger partial charge < -0.3 is 14.3 Å². The molecule has 1 unspecified atom stereocenters. The van der Waals surface area contributed by atoms with Crippen molar-refractivity contribution in [3.63, 3.8) is 0 Å². The van der Waals surface area contributed by atoms with Crippen molar-refractivity contribution in [2.24, 2.45) is 0 Å². The molecule has 7 heteroatoms. The fraction of sp³-hybridized carbons (Fsp3) is 0.0952. The first-order valence-electron chi connectivity index (χ1n) is 8.50. The summed E-state index contributed by atoms with van der Waals surface area (Å²) < 4.78 is 10.4. The molecule has 0 bridgehead atoms. The minimum absolute atomic E-state index is 0.0398. The molecule has 3 heterocycles. The van der Waals surface area contributed by atoms with Gasteiger partial charge in [-0.1, -0.05) is 0 Å². The lowest BCUT2D eigenvalue weighted by atomic mass is 9.95. The number of aromatic nitrogens is 1. The third-order valence-corrected chi connectivity index (χ3v) is 4.57. The molecule has 1 N–H and O–H groups in total. The van der Waals surface area contributed by atoms with Crippen LogP contribution in [0.3, 0.4) is 0 Å². The molecule has 7 nitrogen and oxygen atoms in total. The summed E-state index contributed by atoms with van der Waals surface area (Å²) in [6.07, 6.45) is 4.50. The van der Waals surface area contributed by atoms with Crippen LogP contribution >= 0.6 is 0 Å². The zero-order chi connectivity index (χ0) is 19.7. The number of aliphatic hydroxyl groups is 1. The Morgan fingerprint density at radius 1 is 1.14 bits per heavy atom. The fourth-order valence-electron chi connectivity index (χ4n) is 3.25. The van der Waals surface area contributed by atoms with Crippen molar-refractivity contribution in [1.29, 1.82) is 0 Å². The lowest BCUT2D eigenvalue weighted by Crippen LogP contribution is -2.31. The van der Waals surface area contributed by atoms with Crippen LogP contribution in [0, 0.1) is 0 Å². The van der Waals surface area contributed by atoms with Crippen LogP contribution in [0.25, 0.3) is 0 Å². The first-order valence-corrected chi connectivity index (χ1v) is 8.50. The summed E-state index contributed by atoms with van der Waals surface area (Å²) in [5.74, 6) is -1.14. The van der Waals surface area contributed by atoms with Gasteiger partial charge >= 0.3 is 0 Å². The van der Waals surface area contributed by atoms with Crippen LogP contribution < -0.4 is 9.64 Å². The Kier molecular flexibility index (Phi) is 4.41. The molecule has 0 saturated heterocycles. The molecule has 2 aromatic heterocycles. The summed E-state index contributed by atoms with van der Waals surface area (Å²) in [6, 6.07) is 12.4. The van der Waals surface area contributed by atoms with E-state index in [1.54, 1.807) is 62.0 Å². The first kappa shape index (κ1) is 17.5. The number of carbonyl (C=O) groups excluding carboxylic acids is 2. The van der Waals surface area contributed by atoms with Crippen molar-refractivity contribution >= 4 is 17.4 Å².